The highest BCUT2D eigenvalue weighted by atomic mass is 16.5. The fourth-order valence-corrected chi connectivity index (χ4v) is 1.91. The molecule has 1 aromatic rings. The van der Waals surface area contributed by atoms with Crippen molar-refractivity contribution in [1.29, 1.82) is 0 Å². The zero-order valence-corrected chi connectivity index (χ0v) is 11.9. The Balaban J connectivity index is 1.66. The van der Waals surface area contributed by atoms with Gasteiger partial charge >= 0.3 is 0 Å². The van der Waals surface area contributed by atoms with Crippen LogP contribution in [0.3, 0.4) is 0 Å². The molecule has 0 atom stereocenters. The summed E-state index contributed by atoms with van der Waals surface area (Å²) in [5.41, 5.74) is 1.97. The van der Waals surface area contributed by atoms with E-state index >= 15 is 0 Å². The molecular weight excluding hydrogens is 238 g/mol. The SMILES string of the molecule is Cc1ccc(C(=O)CN(C)CCOCC2CC2)cc1. The highest BCUT2D eigenvalue weighted by Crippen LogP contribution is 2.28. The van der Waals surface area contributed by atoms with Crippen molar-refractivity contribution in [3.63, 3.8) is 0 Å². The van der Waals surface area contributed by atoms with E-state index < -0.39 is 0 Å². The standard InChI is InChI=1S/C16H23NO2/c1-13-3-7-15(8-4-13)16(18)11-17(2)9-10-19-12-14-5-6-14/h3-4,7-8,14H,5-6,9-12H2,1-2H3. The molecule has 0 N–H and O–H groups in total. The summed E-state index contributed by atoms with van der Waals surface area (Å²) in [6.07, 6.45) is 2.64. The molecule has 3 nitrogen and oxygen atoms in total. The molecule has 1 aliphatic rings. The number of aryl methyl sites for hydroxylation is 1. The minimum Gasteiger partial charge on any atom is -0.380 e. The van der Waals surface area contributed by atoms with Crippen LogP contribution in [0.15, 0.2) is 24.3 Å². The van der Waals surface area contributed by atoms with E-state index in [4.69, 9.17) is 4.74 Å². The fraction of sp³-hybridized carbons (Fsp3) is 0.562. The van der Waals surface area contributed by atoms with Crippen LogP contribution >= 0.6 is 0 Å². The van der Waals surface area contributed by atoms with E-state index in [1.165, 1.54) is 18.4 Å². The van der Waals surface area contributed by atoms with Gasteiger partial charge in [0.1, 0.15) is 0 Å². The van der Waals surface area contributed by atoms with Gasteiger partial charge < -0.3 is 4.74 Å². The summed E-state index contributed by atoms with van der Waals surface area (Å²) in [7, 11) is 1.96. The lowest BCUT2D eigenvalue weighted by molar-refractivity contribution is 0.0861. The molecule has 1 saturated carbocycles. The summed E-state index contributed by atoms with van der Waals surface area (Å²) in [5, 5.41) is 0. The highest BCUT2D eigenvalue weighted by Gasteiger charge is 2.21. The number of carbonyl (C=O) groups is 1. The zero-order valence-electron chi connectivity index (χ0n) is 11.9. The average Bonchev–Trinajstić information content (AvgIpc) is 3.19. The third-order valence-corrected chi connectivity index (χ3v) is 3.45. The molecule has 1 aromatic carbocycles. The van der Waals surface area contributed by atoms with E-state index in [0.29, 0.717) is 13.2 Å². The summed E-state index contributed by atoms with van der Waals surface area (Å²) in [4.78, 5) is 14.1. The third kappa shape index (κ3) is 5.13. The molecular formula is C16H23NO2. The first-order chi connectivity index (χ1) is 9.15. The Morgan fingerprint density at radius 2 is 2.00 bits per heavy atom. The van der Waals surface area contributed by atoms with Crippen molar-refractivity contribution < 1.29 is 9.53 Å². The van der Waals surface area contributed by atoms with E-state index in [1.54, 1.807) is 0 Å². The number of likely N-dealkylation sites (N-methyl/N-ethyl adjacent to an activating group) is 1. The quantitative estimate of drug-likeness (QED) is 0.532. The molecule has 0 aromatic heterocycles. The molecule has 104 valence electrons. The Morgan fingerprint density at radius 3 is 2.63 bits per heavy atom. The first-order valence-electron chi connectivity index (χ1n) is 7.01. The molecule has 0 spiro atoms. The lowest BCUT2D eigenvalue weighted by Crippen LogP contribution is -2.29. The van der Waals surface area contributed by atoms with E-state index in [1.807, 2.05) is 43.1 Å². The van der Waals surface area contributed by atoms with Gasteiger partial charge in [0.05, 0.1) is 13.2 Å². The largest absolute Gasteiger partial charge is 0.380 e. The Labute approximate surface area is 115 Å². The van der Waals surface area contributed by atoms with Crippen molar-refractivity contribution in [1.82, 2.24) is 4.90 Å². The Kier molecular flexibility index (Phi) is 5.11. The van der Waals surface area contributed by atoms with Crippen LogP contribution in [0.2, 0.25) is 0 Å². The Morgan fingerprint density at radius 1 is 1.32 bits per heavy atom. The molecule has 19 heavy (non-hydrogen) atoms. The Hall–Kier alpha value is -1.19. The van der Waals surface area contributed by atoms with E-state index in [-0.39, 0.29) is 5.78 Å². The number of hydrogen-bond acceptors (Lipinski definition) is 3. The maximum absolute atomic E-state index is 12.0. The van der Waals surface area contributed by atoms with Crippen LogP contribution in [0.1, 0.15) is 28.8 Å². The van der Waals surface area contributed by atoms with Gasteiger partial charge in [0.25, 0.3) is 0 Å². The number of ketones is 1. The average molecular weight is 261 g/mol. The minimum absolute atomic E-state index is 0.171. The van der Waals surface area contributed by atoms with Crippen LogP contribution in [0.4, 0.5) is 0 Å². The lowest BCUT2D eigenvalue weighted by atomic mass is 10.1. The lowest BCUT2D eigenvalue weighted by Gasteiger charge is -2.15. The summed E-state index contributed by atoms with van der Waals surface area (Å²) in [5.74, 6) is 0.976. The van der Waals surface area contributed by atoms with Crippen LogP contribution in [0, 0.1) is 12.8 Å². The molecule has 0 unspecified atom stereocenters. The normalized spacial score (nSPS) is 14.9. The van der Waals surface area contributed by atoms with Crippen molar-refractivity contribution in [3.05, 3.63) is 35.4 Å². The van der Waals surface area contributed by atoms with Gasteiger partial charge in [-0.05, 0) is 32.7 Å². The fourth-order valence-electron chi connectivity index (χ4n) is 1.91. The molecule has 3 heteroatoms. The number of hydrogen-bond donors (Lipinski definition) is 0. The molecule has 0 radical (unpaired) electrons. The number of ether oxygens (including phenoxy) is 1. The second kappa shape index (κ2) is 6.83. The number of Topliss-reactive ketones (excluding diaryl/α,β-unsaturated/α-hetero) is 1. The molecule has 0 bridgehead atoms. The number of nitrogens with zero attached hydrogens (tertiary/aromatic N) is 1. The number of benzene rings is 1. The van der Waals surface area contributed by atoms with Gasteiger partial charge in [-0.15, -0.1) is 0 Å². The maximum Gasteiger partial charge on any atom is 0.176 e. The second-order valence-electron chi connectivity index (χ2n) is 5.55. The molecule has 0 aliphatic heterocycles. The Bertz CT molecular complexity index is 409. The van der Waals surface area contributed by atoms with Gasteiger partial charge in [-0.2, -0.15) is 0 Å². The second-order valence-corrected chi connectivity index (χ2v) is 5.55. The number of carbonyl (C=O) groups excluding carboxylic acids is 1. The van der Waals surface area contributed by atoms with Gasteiger partial charge in [0, 0.05) is 18.7 Å². The minimum atomic E-state index is 0.171. The molecule has 2 rings (SSSR count). The van der Waals surface area contributed by atoms with Gasteiger partial charge in [0.2, 0.25) is 0 Å². The molecule has 0 amide bonds. The topological polar surface area (TPSA) is 29.5 Å². The van der Waals surface area contributed by atoms with Crippen LogP contribution in [0.5, 0.6) is 0 Å². The van der Waals surface area contributed by atoms with Gasteiger partial charge in [-0.3, -0.25) is 9.69 Å². The van der Waals surface area contributed by atoms with Crippen LogP contribution < -0.4 is 0 Å². The van der Waals surface area contributed by atoms with Crippen molar-refractivity contribution in [3.8, 4) is 0 Å². The predicted octanol–water partition coefficient (Wildman–Crippen LogP) is 2.54. The van der Waals surface area contributed by atoms with E-state index in [0.717, 1.165) is 24.6 Å². The van der Waals surface area contributed by atoms with Crippen molar-refractivity contribution >= 4 is 5.78 Å². The molecule has 1 aliphatic carbocycles. The van der Waals surface area contributed by atoms with Crippen LogP contribution in [-0.4, -0.2) is 44.0 Å². The van der Waals surface area contributed by atoms with E-state index in [2.05, 4.69) is 0 Å². The van der Waals surface area contributed by atoms with Gasteiger partial charge in [0.15, 0.2) is 5.78 Å². The molecule has 1 fully saturated rings. The molecule has 0 saturated heterocycles. The predicted molar refractivity (Wildman–Crippen MR) is 76.5 cm³/mol. The summed E-state index contributed by atoms with van der Waals surface area (Å²) in [6.45, 7) is 4.89. The van der Waals surface area contributed by atoms with Crippen LogP contribution in [0.25, 0.3) is 0 Å². The first kappa shape index (κ1) is 14.2. The van der Waals surface area contributed by atoms with Crippen LogP contribution in [-0.2, 0) is 4.74 Å². The first-order valence-corrected chi connectivity index (χ1v) is 7.01. The smallest absolute Gasteiger partial charge is 0.176 e. The monoisotopic (exact) mass is 261 g/mol. The summed E-state index contributed by atoms with van der Waals surface area (Å²) in [6, 6.07) is 7.75. The summed E-state index contributed by atoms with van der Waals surface area (Å²) >= 11 is 0. The van der Waals surface area contributed by atoms with E-state index in [9.17, 15) is 4.79 Å². The molecule has 0 heterocycles. The zero-order chi connectivity index (χ0) is 13.7. The third-order valence-electron chi connectivity index (χ3n) is 3.45. The van der Waals surface area contributed by atoms with Crippen molar-refractivity contribution in [2.45, 2.75) is 19.8 Å². The summed E-state index contributed by atoms with van der Waals surface area (Å²) < 4.78 is 5.58. The van der Waals surface area contributed by atoms with Crippen molar-refractivity contribution in [2.24, 2.45) is 5.92 Å². The van der Waals surface area contributed by atoms with Crippen molar-refractivity contribution in [2.75, 3.05) is 33.4 Å². The van der Waals surface area contributed by atoms with Gasteiger partial charge in [-0.1, -0.05) is 29.8 Å². The maximum atomic E-state index is 12.0. The van der Waals surface area contributed by atoms with Gasteiger partial charge in [-0.25, -0.2) is 0 Å². The highest BCUT2D eigenvalue weighted by molar-refractivity contribution is 5.97. The number of rotatable bonds is 8.